The molecular weight excluding hydrogens is 412 g/mol. The number of morpholine rings is 1. The molecule has 1 aliphatic rings. The largest absolute Gasteiger partial charge is 0.374 e. The zero-order valence-electron chi connectivity index (χ0n) is 18.2. The topological polar surface area (TPSA) is 84.7 Å². The van der Waals surface area contributed by atoms with Crippen molar-refractivity contribution in [2.75, 3.05) is 32.5 Å². The van der Waals surface area contributed by atoms with Gasteiger partial charge in [0.05, 0.1) is 19.1 Å². The third-order valence-electron chi connectivity index (χ3n) is 5.55. The number of hydrogen-bond donors (Lipinski definition) is 1. The molecule has 1 amide bonds. The highest BCUT2D eigenvalue weighted by Crippen LogP contribution is 2.17. The smallest absolute Gasteiger partial charge is 0.253 e. The van der Waals surface area contributed by atoms with Crippen LogP contribution in [0.4, 0.5) is 0 Å². The van der Waals surface area contributed by atoms with Gasteiger partial charge in [-0.05, 0) is 25.7 Å². The van der Waals surface area contributed by atoms with Crippen LogP contribution in [-0.4, -0.2) is 69.0 Å². The maximum Gasteiger partial charge on any atom is 0.253 e. The van der Waals surface area contributed by atoms with E-state index < -0.39 is 0 Å². The predicted octanol–water partition coefficient (Wildman–Crippen LogP) is 2.02. The molecule has 0 aliphatic carbocycles. The van der Waals surface area contributed by atoms with Crippen molar-refractivity contribution < 1.29 is 9.53 Å². The van der Waals surface area contributed by atoms with Gasteiger partial charge in [0.1, 0.15) is 0 Å². The number of rotatable bonds is 7. The normalized spacial score (nSPS) is 17.2. The summed E-state index contributed by atoms with van der Waals surface area (Å²) in [6.07, 6.45) is 2.18. The van der Waals surface area contributed by atoms with Gasteiger partial charge in [-0.3, -0.25) is 9.69 Å². The number of ether oxygens (including phenoxy) is 1. The third kappa shape index (κ3) is 5.23. The van der Waals surface area contributed by atoms with E-state index in [4.69, 9.17) is 4.74 Å². The minimum absolute atomic E-state index is 0.0105. The number of thioether (sulfide) groups is 1. The average molecular weight is 441 g/mol. The molecule has 0 saturated carbocycles. The Hall–Kier alpha value is -2.49. The average Bonchev–Trinajstić information content (AvgIpc) is 3.19. The molecule has 164 valence electrons. The SMILES string of the molecule is CSc1nc2nc(C)c(CC(=O)NCC3CN(Cc4ccccc4)CCO3)c(C)n2n1. The Morgan fingerprint density at radius 1 is 1.26 bits per heavy atom. The van der Waals surface area contributed by atoms with Crippen molar-refractivity contribution in [2.24, 2.45) is 0 Å². The number of amides is 1. The number of aryl methyl sites for hydroxylation is 2. The molecule has 1 saturated heterocycles. The molecule has 4 rings (SSSR count). The predicted molar refractivity (Wildman–Crippen MR) is 120 cm³/mol. The Morgan fingerprint density at radius 2 is 2.06 bits per heavy atom. The number of benzene rings is 1. The van der Waals surface area contributed by atoms with Crippen molar-refractivity contribution in [3.8, 4) is 0 Å². The lowest BCUT2D eigenvalue weighted by Gasteiger charge is -2.33. The first-order valence-corrected chi connectivity index (χ1v) is 11.7. The van der Waals surface area contributed by atoms with Crippen LogP contribution in [0.25, 0.3) is 5.78 Å². The van der Waals surface area contributed by atoms with Gasteiger partial charge in [0, 0.05) is 43.1 Å². The first-order chi connectivity index (χ1) is 15.0. The van der Waals surface area contributed by atoms with E-state index >= 15 is 0 Å². The molecule has 9 heteroatoms. The monoisotopic (exact) mass is 440 g/mol. The second-order valence-electron chi connectivity index (χ2n) is 7.77. The second kappa shape index (κ2) is 9.76. The summed E-state index contributed by atoms with van der Waals surface area (Å²) in [5.41, 5.74) is 3.88. The van der Waals surface area contributed by atoms with Crippen LogP contribution in [0.15, 0.2) is 35.5 Å². The molecule has 0 spiro atoms. The van der Waals surface area contributed by atoms with Crippen LogP contribution in [0, 0.1) is 13.8 Å². The number of carbonyl (C=O) groups is 1. The summed E-state index contributed by atoms with van der Waals surface area (Å²) in [6, 6.07) is 10.4. The van der Waals surface area contributed by atoms with Gasteiger partial charge < -0.3 is 10.1 Å². The Morgan fingerprint density at radius 3 is 2.84 bits per heavy atom. The minimum atomic E-state index is -0.0404. The van der Waals surface area contributed by atoms with E-state index in [1.807, 2.05) is 26.2 Å². The zero-order chi connectivity index (χ0) is 21.8. The molecule has 1 N–H and O–H groups in total. The number of fused-ring (bicyclic) bond motifs is 1. The summed E-state index contributed by atoms with van der Waals surface area (Å²) in [6.45, 7) is 7.64. The van der Waals surface area contributed by atoms with E-state index in [-0.39, 0.29) is 18.4 Å². The number of hydrogen-bond acceptors (Lipinski definition) is 7. The van der Waals surface area contributed by atoms with Gasteiger partial charge in [-0.25, -0.2) is 9.50 Å². The number of nitrogens with zero attached hydrogens (tertiary/aromatic N) is 5. The molecule has 1 atom stereocenters. The van der Waals surface area contributed by atoms with E-state index in [1.54, 1.807) is 4.52 Å². The summed E-state index contributed by atoms with van der Waals surface area (Å²) in [5, 5.41) is 8.16. The molecule has 0 radical (unpaired) electrons. The van der Waals surface area contributed by atoms with Crippen LogP contribution < -0.4 is 5.32 Å². The summed E-state index contributed by atoms with van der Waals surface area (Å²) in [4.78, 5) is 24.0. The van der Waals surface area contributed by atoms with Gasteiger partial charge in [-0.15, -0.1) is 5.10 Å². The van der Waals surface area contributed by atoms with Crippen molar-refractivity contribution in [1.82, 2.24) is 29.8 Å². The first kappa shape index (κ1) is 21.7. The maximum absolute atomic E-state index is 12.7. The molecule has 8 nitrogen and oxygen atoms in total. The van der Waals surface area contributed by atoms with Crippen molar-refractivity contribution in [3.63, 3.8) is 0 Å². The standard InChI is InChI=1S/C22H28N6O2S/c1-15-19(16(2)28-21(24-15)25-22(26-28)31-3)11-20(29)23-12-18-14-27(9-10-30-18)13-17-7-5-4-6-8-17/h4-8,18H,9-14H2,1-3H3,(H,23,29). The number of nitrogens with one attached hydrogen (secondary N) is 1. The van der Waals surface area contributed by atoms with Gasteiger partial charge in [0.25, 0.3) is 5.78 Å². The zero-order valence-corrected chi connectivity index (χ0v) is 19.0. The van der Waals surface area contributed by atoms with Gasteiger partial charge in [0.15, 0.2) is 0 Å². The van der Waals surface area contributed by atoms with Crippen molar-refractivity contribution in [1.29, 1.82) is 0 Å². The quantitative estimate of drug-likeness (QED) is 0.563. The molecule has 3 heterocycles. The fourth-order valence-corrected chi connectivity index (χ4v) is 4.21. The van der Waals surface area contributed by atoms with E-state index in [0.29, 0.717) is 24.1 Å². The van der Waals surface area contributed by atoms with Gasteiger partial charge in [-0.2, -0.15) is 4.98 Å². The van der Waals surface area contributed by atoms with Crippen LogP contribution in [0.3, 0.4) is 0 Å². The Labute approximate surface area is 186 Å². The lowest BCUT2D eigenvalue weighted by atomic mass is 10.1. The molecule has 1 aliphatic heterocycles. The van der Waals surface area contributed by atoms with E-state index in [0.717, 1.165) is 36.6 Å². The molecule has 0 bridgehead atoms. The number of carbonyl (C=O) groups excluding carboxylic acids is 1. The van der Waals surface area contributed by atoms with Gasteiger partial charge in [0.2, 0.25) is 11.1 Å². The third-order valence-corrected chi connectivity index (χ3v) is 6.09. The summed E-state index contributed by atoms with van der Waals surface area (Å²) in [5.74, 6) is 0.527. The fourth-order valence-electron chi connectivity index (χ4n) is 3.87. The molecule has 1 aromatic carbocycles. The number of aromatic nitrogens is 4. The summed E-state index contributed by atoms with van der Waals surface area (Å²) in [7, 11) is 0. The molecule has 31 heavy (non-hydrogen) atoms. The van der Waals surface area contributed by atoms with E-state index in [1.165, 1.54) is 17.3 Å². The fraction of sp³-hybridized carbons (Fsp3) is 0.455. The van der Waals surface area contributed by atoms with E-state index in [9.17, 15) is 4.79 Å². The van der Waals surface area contributed by atoms with Crippen LogP contribution in [0.5, 0.6) is 0 Å². The van der Waals surface area contributed by atoms with Crippen molar-refractivity contribution >= 4 is 23.4 Å². The second-order valence-corrected chi connectivity index (χ2v) is 8.54. The molecule has 2 aromatic heterocycles. The summed E-state index contributed by atoms with van der Waals surface area (Å²) < 4.78 is 7.59. The highest BCUT2D eigenvalue weighted by Gasteiger charge is 2.22. The summed E-state index contributed by atoms with van der Waals surface area (Å²) >= 11 is 1.47. The Kier molecular flexibility index (Phi) is 6.84. The van der Waals surface area contributed by atoms with Crippen LogP contribution in [0.2, 0.25) is 0 Å². The minimum Gasteiger partial charge on any atom is -0.374 e. The van der Waals surface area contributed by atoms with Crippen LogP contribution in [0.1, 0.15) is 22.5 Å². The van der Waals surface area contributed by atoms with E-state index in [2.05, 4.69) is 49.5 Å². The Balaban J connectivity index is 1.34. The van der Waals surface area contributed by atoms with Gasteiger partial charge >= 0.3 is 0 Å². The maximum atomic E-state index is 12.7. The van der Waals surface area contributed by atoms with Crippen LogP contribution in [-0.2, 0) is 22.5 Å². The lowest BCUT2D eigenvalue weighted by molar-refractivity contribution is -0.121. The molecular formula is C22H28N6O2S. The molecule has 3 aromatic rings. The highest BCUT2D eigenvalue weighted by molar-refractivity contribution is 7.98. The first-order valence-electron chi connectivity index (χ1n) is 10.4. The van der Waals surface area contributed by atoms with Crippen molar-refractivity contribution in [2.45, 2.75) is 38.1 Å². The molecule has 1 unspecified atom stereocenters. The highest BCUT2D eigenvalue weighted by atomic mass is 32.2. The van der Waals surface area contributed by atoms with Crippen LogP contribution >= 0.6 is 11.8 Å². The lowest BCUT2D eigenvalue weighted by Crippen LogP contribution is -2.47. The van der Waals surface area contributed by atoms with Gasteiger partial charge in [-0.1, -0.05) is 42.1 Å². The molecule has 1 fully saturated rings. The Bertz CT molecular complexity index is 1060. The van der Waals surface area contributed by atoms with Crippen molar-refractivity contribution in [3.05, 3.63) is 52.8 Å².